The fourth-order valence-corrected chi connectivity index (χ4v) is 2.60. The van der Waals surface area contributed by atoms with Crippen LogP contribution >= 0.6 is 0 Å². The molecule has 0 aromatic carbocycles. The van der Waals surface area contributed by atoms with Gasteiger partial charge in [-0.1, -0.05) is 0 Å². The minimum Gasteiger partial charge on any atom is -0.463 e. The number of carbonyl (C=O) groups is 2. The summed E-state index contributed by atoms with van der Waals surface area (Å²) in [7, 11) is 0. The first-order chi connectivity index (χ1) is 12.1. The first-order valence-corrected chi connectivity index (χ1v) is 7.94. The minimum absolute atomic E-state index is 0.0414. The van der Waals surface area contributed by atoms with Gasteiger partial charge in [0.2, 0.25) is 0 Å². The van der Waals surface area contributed by atoms with Crippen LogP contribution in [-0.2, 0) is 4.74 Å². The van der Waals surface area contributed by atoms with Crippen LogP contribution in [0.4, 0.5) is 4.79 Å². The average molecular weight is 346 g/mol. The van der Waals surface area contributed by atoms with Gasteiger partial charge in [-0.25, -0.2) is 9.59 Å². The van der Waals surface area contributed by atoms with Crippen LogP contribution in [0.15, 0.2) is 33.7 Å². The molecular formula is C16H18N4O5. The summed E-state index contributed by atoms with van der Waals surface area (Å²) in [5.74, 6) is 0.0862. The Hall–Kier alpha value is -3.10. The van der Waals surface area contributed by atoms with Crippen molar-refractivity contribution in [2.45, 2.75) is 6.92 Å². The molecule has 2 aromatic rings. The molecule has 0 saturated carbocycles. The summed E-state index contributed by atoms with van der Waals surface area (Å²) >= 11 is 0. The van der Waals surface area contributed by atoms with E-state index in [2.05, 4.69) is 9.97 Å². The zero-order valence-corrected chi connectivity index (χ0v) is 13.7. The topological polar surface area (TPSA) is 109 Å². The number of furan rings is 1. The molecule has 1 fully saturated rings. The Morgan fingerprint density at radius 3 is 2.64 bits per heavy atom. The zero-order chi connectivity index (χ0) is 17.8. The second-order valence-corrected chi connectivity index (χ2v) is 5.44. The van der Waals surface area contributed by atoms with Crippen LogP contribution in [0.5, 0.6) is 0 Å². The second kappa shape index (κ2) is 7.20. The molecule has 0 aliphatic carbocycles. The third-order valence-electron chi connectivity index (χ3n) is 3.84. The molecule has 1 aliphatic rings. The van der Waals surface area contributed by atoms with E-state index in [4.69, 9.17) is 9.15 Å². The van der Waals surface area contributed by atoms with Gasteiger partial charge in [-0.15, -0.1) is 0 Å². The lowest BCUT2D eigenvalue weighted by Gasteiger charge is -2.33. The van der Waals surface area contributed by atoms with Crippen molar-refractivity contribution >= 4 is 12.0 Å². The number of amides is 2. The van der Waals surface area contributed by atoms with E-state index in [1.54, 1.807) is 28.9 Å². The highest BCUT2D eigenvalue weighted by molar-refractivity contribution is 5.93. The molecule has 1 N–H and O–H groups in total. The second-order valence-electron chi connectivity index (χ2n) is 5.44. The Kier molecular flexibility index (Phi) is 4.82. The molecule has 1 saturated heterocycles. The minimum atomic E-state index is -0.623. The van der Waals surface area contributed by atoms with Crippen LogP contribution in [0.3, 0.4) is 0 Å². The number of carbonyl (C=O) groups excluding carboxylic acids is 2. The maximum atomic E-state index is 12.6. The number of nitrogens with zero attached hydrogens (tertiary/aromatic N) is 3. The van der Waals surface area contributed by atoms with Gasteiger partial charge in [-0.05, 0) is 25.1 Å². The molecule has 9 nitrogen and oxygen atoms in total. The number of aromatic amines is 1. The molecule has 0 atom stereocenters. The molecule has 132 valence electrons. The summed E-state index contributed by atoms with van der Waals surface area (Å²) in [5.41, 5.74) is -0.194. The predicted molar refractivity (Wildman–Crippen MR) is 87.1 cm³/mol. The average Bonchev–Trinajstić information content (AvgIpc) is 3.15. The van der Waals surface area contributed by atoms with Gasteiger partial charge in [-0.3, -0.25) is 4.79 Å². The first kappa shape index (κ1) is 16.7. The summed E-state index contributed by atoms with van der Waals surface area (Å²) in [4.78, 5) is 45.5. The number of piperazine rings is 1. The molecule has 9 heteroatoms. The zero-order valence-electron chi connectivity index (χ0n) is 13.7. The highest BCUT2D eigenvalue weighted by atomic mass is 16.6. The molecule has 25 heavy (non-hydrogen) atoms. The summed E-state index contributed by atoms with van der Waals surface area (Å²) < 4.78 is 10.2. The third kappa shape index (κ3) is 3.70. The van der Waals surface area contributed by atoms with Crippen LogP contribution in [0.1, 0.15) is 17.4 Å². The van der Waals surface area contributed by atoms with E-state index in [-0.39, 0.29) is 17.7 Å². The van der Waals surface area contributed by atoms with Gasteiger partial charge in [0.15, 0.2) is 0 Å². The third-order valence-corrected chi connectivity index (χ3v) is 3.84. The Morgan fingerprint density at radius 1 is 1.28 bits per heavy atom. The summed E-state index contributed by atoms with van der Waals surface area (Å²) in [5, 5.41) is 0. The van der Waals surface area contributed by atoms with Gasteiger partial charge in [0.1, 0.15) is 11.5 Å². The number of nitrogens with one attached hydrogen (secondary N) is 1. The fourth-order valence-electron chi connectivity index (χ4n) is 2.60. The molecule has 0 spiro atoms. The summed E-state index contributed by atoms with van der Waals surface area (Å²) in [6, 6.07) is 4.85. The smallest absolute Gasteiger partial charge is 0.409 e. The molecule has 3 heterocycles. The lowest BCUT2D eigenvalue weighted by atomic mass is 10.2. The van der Waals surface area contributed by atoms with Crippen molar-refractivity contribution in [1.82, 2.24) is 19.8 Å². The lowest BCUT2D eigenvalue weighted by molar-refractivity contribution is 0.0565. The van der Waals surface area contributed by atoms with Gasteiger partial charge >= 0.3 is 11.8 Å². The maximum Gasteiger partial charge on any atom is 0.409 e. The van der Waals surface area contributed by atoms with Crippen LogP contribution < -0.4 is 5.69 Å². The van der Waals surface area contributed by atoms with Crippen LogP contribution in [0.2, 0.25) is 0 Å². The van der Waals surface area contributed by atoms with Crippen molar-refractivity contribution in [3.8, 4) is 11.5 Å². The van der Waals surface area contributed by atoms with Crippen molar-refractivity contribution < 1.29 is 18.7 Å². The van der Waals surface area contributed by atoms with Crippen molar-refractivity contribution in [3.05, 3.63) is 40.6 Å². The van der Waals surface area contributed by atoms with E-state index in [0.29, 0.717) is 44.2 Å². The van der Waals surface area contributed by atoms with Gasteiger partial charge in [0.05, 0.1) is 18.6 Å². The van der Waals surface area contributed by atoms with Crippen molar-refractivity contribution in [2.24, 2.45) is 0 Å². The molecule has 2 aromatic heterocycles. The number of H-pyrrole nitrogens is 1. The van der Waals surface area contributed by atoms with Crippen molar-refractivity contribution in [2.75, 3.05) is 32.8 Å². The molecule has 3 rings (SSSR count). The van der Waals surface area contributed by atoms with Crippen molar-refractivity contribution in [1.29, 1.82) is 0 Å². The molecular weight excluding hydrogens is 328 g/mol. The molecule has 1 aliphatic heterocycles. The monoisotopic (exact) mass is 346 g/mol. The number of aromatic nitrogens is 2. The SMILES string of the molecule is CCOC(=O)N1CCN(C(=O)c2cc(-c3ccco3)[nH]c(=O)n2)CC1. The summed E-state index contributed by atoms with van der Waals surface area (Å²) in [6.45, 7) is 3.50. The maximum absolute atomic E-state index is 12.6. The quantitative estimate of drug-likeness (QED) is 0.886. The Labute approximate surface area is 143 Å². The molecule has 0 bridgehead atoms. The van der Waals surface area contributed by atoms with Crippen LogP contribution in [0.25, 0.3) is 11.5 Å². The van der Waals surface area contributed by atoms with E-state index >= 15 is 0 Å². The summed E-state index contributed by atoms with van der Waals surface area (Å²) in [6.07, 6.45) is 1.09. The highest BCUT2D eigenvalue weighted by Gasteiger charge is 2.26. The predicted octanol–water partition coefficient (Wildman–Crippen LogP) is 0.944. The number of hydrogen-bond donors (Lipinski definition) is 1. The lowest BCUT2D eigenvalue weighted by Crippen LogP contribution is -2.51. The number of hydrogen-bond acceptors (Lipinski definition) is 6. The van der Waals surface area contributed by atoms with E-state index in [1.807, 2.05) is 0 Å². The fraction of sp³-hybridized carbons (Fsp3) is 0.375. The normalized spacial score (nSPS) is 14.4. The van der Waals surface area contributed by atoms with Crippen molar-refractivity contribution in [3.63, 3.8) is 0 Å². The van der Waals surface area contributed by atoms with Crippen LogP contribution in [-0.4, -0.2) is 64.6 Å². The van der Waals surface area contributed by atoms with E-state index < -0.39 is 5.69 Å². The Balaban J connectivity index is 1.72. The largest absolute Gasteiger partial charge is 0.463 e. The van der Waals surface area contributed by atoms with E-state index in [0.717, 1.165) is 0 Å². The molecule has 2 amide bonds. The van der Waals surface area contributed by atoms with Crippen LogP contribution in [0, 0.1) is 0 Å². The first-order valence-electron chi connectivity index (χ1n) is 7.94. The van der Waals surface area contributed by atoms with Gasteiger partial charge in [0, 0.05) is 26.2 Å². The highest BCUT2D eigenvalue weighted by Crippen LogP contribution is 2.17. The molecule has 0 radical (unpaired) electrons. The standard InChI is InChI=1S/C16H18N4O5/c1-2-24-16(23)20-7-5-19(6-8-20)14(21)12-10-11(17-15(22)18-12)13-4-3-9-25-13/h3-4,9-10H,2,5-8H2,1H3,(H,17,18,22). The number of ether oxygens (including phenoxy) is 1. The van der Waals surface area contributed by atoms with E-state index in [9.17, 15) is 14.4 Å². The van der Waals surface area contributed by atoms with Gasteiger partial charge in [-0.2, -0.15) is 4.98 Å². The van der Waals surface area contributed by atoms with Gasteiger partial charge in [0.25, 0.3) is 5.91 Å². The Morgan fingerprint density at radius 2 is 2.00 bits per heavy atom. The van der Waals surface area contributed by atoms with Gasteiger partial charge < -0.3 is 23.9 Å². The Bertz CT molecular complexity index is 806. The van der Waals surface area contributed by atoms with E-state index in [1.165, 1.54) is 12.3 Å². The molecule has 0 unspecified atom stereocenters. The number of rotatable bonds is 3.